The lowest BCUT2D eigenvalue weighted by Crippen LogP contribution is -2.57. The molecule has 2 unspecified atom stereocenters. The van der Waals surface area contributed by atoms with Gasteiger partial charge in [0.15, 0.2) is 0 Å². The smallest absolute Gasteiger partial charge is 0.0334 e. The monoisotopic (exact) mass is 282 g/mol. The fraction of sp³-hybridized carbons (Fsp3) is 1.00. The van der Waals surface area contributed by atoms with Gasteiger partial charge in [-0.25, -0.2) is 0 Å². The average molecular weight is 283 g/mol. The molecule has 0 amide bonds. The SMILES string of the molecule is CC(C)CCN(CCC(C)C)C1(CN)CCCC(C)C1. The molecule has 2 atom stereocenters. The van der Waals surface area contributed by atoms with Gasteiger partial charge in [-0.15, -0.1) is 0 Å². The number of nitrogens with two attached hydrogens (primary N) is 1. The fourth-order valence-electron chi connectivity index (χ4n) is 3.65. The molecule has 1 saturated carbocycles. The van der Waals surface area contributed by atoms with E-state index in [1.54, 1.807) is 0 Å². The summed E-state index contributed by atoms with van der Waals surface area (Å²) < 4.78 is 0. The van der Waals surface area contributed by atoms with Crippen molar-refractivity contribution < 1.29 is 0 Å². The lowest BCUT2D eigenvalue weighted by atomic mass is 9.75. The van der Waals surface area contributed by atoms with Gasteiger partial charge in [-0.3, -0.25) is 4.90 Å². The molecule has 1 aliphatic rings. The summed E-state index contributed by atoms with van der Waals surface area (Å²) in [6.07, 6.45) is 7.97. The van der Waals surface area contributed by atoms with Gasteiger partial charge >= 0.3 is 0 Å². The van der Waals surface area contributed by atoms with Crippen LogP contribution in [0.3, 0.4) is 0 Å². The number of nitrogens with zero attached hydrogens (tertiary/aromatic N) is 1. The maximum atomic E-state index is 6.27. The molecule has 0 aromatic heterocycles. The molecule has 0 aromatic carbocycles. The summed E-state index contributed by atoms with van der Waals surface area (Å²) in [5, 5.41) is 0. The van der Waals surface area contributed by atoms with Gasteiger partial charge in [0.05, 0.1) is 0 Å². The van der Waals surface area contributed by atoms with E-state index in [4.69, 9.17) is 5.73 Å². The molecular weight excluding hydrogens is 244 g/mol. The Kier molecular flexibility index (Phi) is 7.53. The standard InChI is InChI=1S/C18H38N2/c1-15(2)8-11-20(12-9-16(3)4)18(14-19)10-6-7-17(5)13-18/h15-17H,6-14,19H2,1-5H3. The quantitative estimate of drug-likeness (QED) is 0.719. The van der Waals surface area contributed by atoms with E-state index in [1.165, 1.54) is 51.6 Å². The minimum Gasteiger partial charge on any atom is -0.329 e. The Labute approximate surface area is 127 Å². The van der Waals surface area contributed by atoms with Gasteiger partial charge < -0.3 is 5.73 Å². The van der Waals surface area contributed by atoms with E-state index in [9.17, 15) is 0 Å². The molecule has 20 heavy (non-hydrogen) atoms. The van der Waals surface area contributed by atoms with Crippen molar-refractivity contribution in [3.63, 3.8) is 0 Å². The molecule has 2 heteroatoms. The molecule has 1 rings (SSSR count). The average Bonchev–Trinajstić information content (AvgIpc) is 2.37. The van der Waals surface area contributed by atoms with Gasteiger partial charge in [0.2, 0.25) is 0 Å². The van der Waals surface area contributed by atoms with E-state index in [1.807, 2.05) is 0 Å². The second kappa shape index (κ2) is 8.38. The molecule has 120 valence electrons. The highest BCUT2D eigenvalue weighted by Crippen LogP contribution is 2.36. The Morgan fingerprint density at radius 2 is 1.65 bits per heavy atom. The third kappa shape index (κ3) is 5.37. The van der Waals surface area contributed by atoms with Crippen molar-refractivity contribution in [2.24, 2.45) is 23.5 Å². The van der Waals surface area contributed by atoms with E-state index in [2.05, 4.69) is 39.5 Å². The molecule has 0 radical (unpaired) electrons. The Bertz CT molecular complexity index is 250. The molecule has 0 aliphatic heterocycles. The molecule has 0 spiro atoms. The largest absolute Gasteiger partial charge is 0.329 e. The molecule has 1 fully saturated rings. The van der Waals surface area contributed by atoms with Crippen molar-refractivity contribution >= 4 is 0 Å². The Hall–Kier alpha value is -0.0800. The lowest BCUT2D eigenvalue weighted by Gasteiger charge is -2.48. The highest BCUT2D eigenvalue weighted by atomic mass is 15.2. The van der Waals surface area contributed by atoms with Crippen molar-refractivity contribution in [1.82, 2.24) is 4.90 Å². The Morgan fingerprint density at radius 1 is 1.10 bits per heavy atom. The van der Waals surface area contributed by atoms with E-state index in [0.29, 0.717) is 5.54 Å². The number of hydrogen-bond acceptors (Lipinski definition) is 2. The van der Waals surface area contributed by atoms with Crippen LogP contribution in [0.25, 0.3) is 0 Å². The molecule has 2 N–H and O–H groups in total. The maximum Gasteiger partial charge on any atom is 0.0334 e. The van der Waals surface area contributed by atoms with E-state index >= 15 is 0 Å². The summed E-state index contributed by atoms with van der Waals surface area (Å²) in [6, 6.07) is 0. The molecular formula is C18H38N2. The summed E-state index contributed by atoms with van der Waals surface area (Å²) in [4.78, 5) is 2.77. The topological polar surface area (TPSA) is 29.3 Å². The Balaban J connectivity index is 2.75. The molecule has 0 bridgehead atoms. The van der Waals surface area contributed by atoms with Crippen molar-refractivity contribution in [2.45, 2.75) is 78.7 Å². The molecule has 0 saturated heterocycles. The van der Waals surface area contributed by atoms with Gasteiger partial charge in [0, 0.05) is 12.1 Å². The van der Waals surface area contributed by atoms with Crippen LogP contribution in [0.5, 0.6) is 0 Å². The van der Waals surface area contributed by atoms with Gasteiger partial charge in [0.25, 0.3) is 0 Å². The minimum atomic E-state index is 0.293. The first kappa shape index (κ1) is 18.0. The van der Waals surface area contributed by atoms with Crippen molar-refractivity contribution in [3.8, 4) is 0 Å². The van der Waals surface area contributed by atoms with Crippen molar-refractivity contribution in [1.29, 1.82) is 0 Å². The van der Waals surface area contributed by atoms with Crippen LogP contribution in [-0.2, 0) is 0 Å². The highest BCUT2D eigenvalue weighted by Gasteiger charge is 2.38. The molecule has 2 nitrogen and oxygen atoms in total. The first-order valence-corrected chi connectivity index (χ1v) is 8.84. The van der Waals surface area contributed by atoms with E-state index in [-0.39, 0.29) is 0 Å². The summed E-state index contributed by atoms with van der Waals surface area (Å²) in [6.45, 7) is 15.0. The summed E-state index contributed by atoms with van der Waals surface area (Å²) in [5.74, 6) is 2.41. The second-order valence-corrected chi connectivity index (χ2v) is 7.98. The predicted octanol–water partition coefficient (Wildman–Crippen LogP) is 4.29. The zero-order chi connectivity index (χ0) is 15.2. The summed E-state index contributed by atoms with van der Waals surface area (Å²) >= 11 is 0. The third-order valence-electron chi connectivity index (χ3n) is 5.07. The maximum absolute atomic E-state index is 6.27. The summed E-state index contributed by atoms with van der Waals surface area (Å²) in [7, 11) is 0. The minimum absolute atomic E-state index is 0.293. The predicted molar refractivity (Wildman–Crippen MR) is 89.9 cm³/mol. The number of rotatable bonds is 8. The molecule has 1 aliphatic carbocycles. The van der Waals surface area contributed by atoms with Gasteiger partial charge in [-0.2, -0.15) is 0 Å². The first-order valence-electron chi connectivity index (χ1n) is 8.84. The van der Waals surface area contributed by atoms with E-state index in [0.717, 1.165) is 24.3 Å². The normalized spacial score (nSPS) is 27.8. The van der Waals surface area contributed by atoms with Crippen LogP contribution in [0.15, 0.2) is 0 Å². The van der Waals surface area contributed by atoms with Crippen LogP contribution in [0.1, 0.15) is 73.1 Å². The van der Waals surface area contributed by atoms with Crippen LogP contribution in [0, 0.1) is 17.8 Å². The molecule has 0 aromatic rings. The first-order chi connectivity index (χ1) is 9.39. The zero-order valence-corrected chi connectivity index (χ0v) is 14.6. The molecule has 0 heterocycles. The Morgan fingerprint density at radius 3 is 2.05 bits per heavy atom. The van der Waals surface area contributed by atoms with Crippen LogP contribution < -0.4 is 5.73 Å². The van der Waals surface area contributed by atoms with Crippen molar-refractivity contribution in [3.05, 3.63) is 0 Å². The van der Waals surface area contributed by atoms with Gasteiger partial charge in [-0.1, -0.05) is 47.5 Å². The second-order valence-electron chi connectivity index (χ2n) is 7.98. The van der Waals surface area contributed by atoms with E-state index < -0.39 is 0 Å². The van der Waals surface area contributed by atoms with Crippen molar-refractivity contribution in [2.75, 3.05) is 19.6 Å². The van der Waals surface area contributed by atoms with Gasteiger partial charge in [0.1, 0.15) is 0 Å². The van der Waals surface area contributed by atoms with Crippen LogP contribution in [-0.4, -0.2) is 30.1 Å². The van der Waals surface area contributed by atoms with Gasteiger partial charge in [-0.05, 0) is 56.5 Å². The number of hydrogen-bond donors (Lipinski definition) is 1. The van der Waals surface area contributed by atoms with Crippen LogP contribution in [0.4, 0.5) is 0 Å². The third-order valence-corrected chi connectivity index (χ3v) is 5.07. The van der Waals surface area contributed by atoms with Crippen LogP contribution in [0.2, 0.25) is 0 Å². The lowest BCUT2D eigenvalue weighted by molar-refractivity contribution is 0.0319. The zero-order valence-electron chi connectivity index (χ0n) is 14.6. The van der Waals surface area contributed by atoms with Crippen LogP contribution >= 0.6 is 0 Å². The summed E-state index contributed by atoms with van der Waals surface area (Å²) in [5.41, 5.74) is 6.57. The fourth-order valence-corrected chi connectivity index (χ4v) is 3.65. The highest BCUT2D eigenvalue weighted by molar-refractivity contribution is 4.96.